The van der Waals surface area contributed by atoms with Gasteiger partial charge in [-0.1, -0.05) is 48.5 Å². The van der Waals surface area contributed by atoms with E-state index < -0.39 is 0 Å². The molecule has 0 aliphatic carbocycles. The second-order valence-electron chi connectivity index (χ2n) is 6.97. The average Bonchev–Trinajstić information content (AvgIpc) is 2.83. The number of para-hydroxylation sites is 1. The molecule has 0 saturated heterocycles. The second kappa shape index (κ2) is 10.7. The first-order valence-electron chi connectivity index (χ1n) is 10.2. The highest BCUT2D eigenvalue weighted by atomic mass is 79.9. The number of hydrogen-bond donors (Lipinski definition) is 1. The van der Waals surface area contributed by atoms with Crippen LogP contribution in [0.25, 0.3) is 10.8 Å². The van der Waals surface area contributed by atoms with Gasteiger partial charge in [-0.25, -0.2) is 0 Å². The van der Waals surface area contributed by atoms with Gasteiger partial charge in [0.25, 0.3) is 5.91 Å². The van der Waals surface area contributed by atoms with Crippen LogP contribution in [0.2, 0.25) is 0 Å². The highest BCUT2D eigenvalue weighted by Gasteiger charge is 2.09. The van der Waals surface area contributed by atoms with Gasteiger partial charge in [0, 0.05) is 5.69 Å². The van der Waals surface area contributed by atoms with E-state index in [2.05, 4.69) is 21.2 Å². The molecule has 0 atom stereocenters. The van der Waals surface area contributed by atoms with Crippen LogP contribution in [0.1, 0.15) is 0 Å². The first-order chi connectivity index (χ1) is 15.7. The maximum absolute atomic E-state index is 12.3. The van der Waals surface area contributed by atoms with Crippen LogP contribution in [0.3, 0.4) is 0 Å². The van der Waals surface area contributed by atoms with Crippen LogP contribution in [0, 0.1) is 0 Å². The van der Waals surface area contributed by atoms with E-state index in [-0.39, 0.29) is 12.5 Å². The Morgan fingerprint density at radius 3 is 2.12 bits per heavy atom. The maximum atomic E-state index is 12.3. The largest absolute Gasteiger partial charge is 0.490 e. The van der Waals surface area contributed by atoms with Crippen LogP contribution >= 0.6 is 15.9 Å². The molecule has 0 aromatic heterocycles. The number of benzene rings is 4. The predicted molar refractivity (Wildman–Crippen MR) is 130 cm³/mol. The van der Waals surface area contributed by atoms with Gasteiger partial charge >= 0.3 is 0 Å². The van der Waals surface area contributed by atoms with Gasteiger partial charge in [0.2, 0.25) is 0 Å². The van der Waals surface area contributed by atoms with E-state index in [0.29, 0.717) is 30.4 Å². The Hall–Kier alpha value is -3.51. The standard InChI is InChI=1S/C26H22BrNO4/c27-26-23-9-5-4-6-19(23)10-15-24(26)32-18-25(29)28-20-11-13-22(14-12-20)31-17-16-30-21-7-2-1-3-8-21/h1-15H,16-18H2,(H,28,29). The number of carbonyl (C=O) groups excluding carboxylic acids is 1. The van der Waals surface area contributed by atoms with Crippen LogP contribution in [0.5, 0.6) is 17.2 Å². The molecular weight excluding hydrogens is 470 g/mol. The molecule has 0 radical (unpaired) electrons. The quantitative estimate of drug-likeness (QED) is 0.288. The lowest BCUT2D eigenvalue weighted by molar-refractivity contribution is -0.118. The zero-order valence-electron chi connectivity index (χ0n) is 17.3. The number of ether oxygens (including phenoxy) is 3. The highest BCUT2D eigenvalue weighted by Crippen LogP contribution is 2.33. The molecule has 0 unspecified atom stereocenters. The Morgan fingerprint density at radius 2 is 1.38 bits per heavy atom. The first kappa shape index (κ1) is 21.7. The predicted octanol–water partition coefficient (Wildman–Crippen LogP) is 6.08. The number of halogens is 1. The molecule has 32 heavy (non-hydrogen) atoms. The summed E-state index contributed by atoms with van der Waals surface area (Å²) in [7, 11) is 0. The minimum Gasteiger partial charge on any atom is -0.490 e. The molecule has 0 bridgehead atoms. The van der Waals surface area contributed by atoms with Crippen LogP contribution < -0.4 is 19.5 Å². The van der Waals surface area contributed by atoms with Crippen molar-refractivity contribution in [2.45, 2.75) is 0 Å². The van der Waals surface area contributed by atoms with Crippen molar-refractivity contribution in [1.82, 2.24) is 0 Å². The lowest BCUT2D eigenvalue weighted by Crippen LogP contribution is -2.20. The lowest BCUT2D eigenvalue weighted by Gasteiger charge is -2.11. The van der Waals surface area contributed by atoms with Gasteiger partial charge in [0.05, 0.1) is 4.47 Å². The minimum absolute atomic E-state index is 0.0913. The molecule has 0 spiro atoms. The molecule has 0 heterocycles. The van der Waals surface area contributed by atoms with E-state index in [1.165, 1.54) is 0 Å². The Balaban J connectivity index is 1.23. The molecule has 0 aliphatic rings. The summed E-state index contributed by atoms with van der Waals surface area (Å²) in [4.78, 5) is 12.3. The molecular formula is C26H22BrNO4. The molecule has 4 aromatic carbocycles. The van der Waals surface area contributed by atoms with Crippen LogP contribution in [-0.4, -0.2) is 25.7 Å². The summed E-state index contributed by atoms with van der Waals surface area (Å²) in [5, 5.41) is 4.96. The summed E-state index contributed by atoms with van der Waals surface area (Å²) < 4.78 is 17.8. The fraction of sp³-hybridized carbons (Fsp3) is 0.115. The van der Waals surface area contributed by atoms with Crippen LogP contribution in [-0.2, 0) is 4.79 Å². The molecule has 1 N–H and O–H groups in total. The molecule has 1 amide bonds. The van der Waals surface area contributed by atoms with E-state index >= 15 is 0 Å². The van der Waals surface area contributed by atoms with Gasteiger partial charge in [-0.2, -0.15) is 0 Å². The van der Waals surface area contributed by atoms with Crippen molar-refractivity contribution in [3.05, 3.63) is 95.5 Å². The van der Waals surface area contributed by atoms with Crippen molar-refractivity contribution < 1.29 is 19.0 Å². The number of hydrogen-bond acceptors (Lipinski definition) is 4. The first-order valence-corrected chi connectivity index (χ1v) is 11.0. The molecule has 6 heteroatoms. The zero-order chi connectivity index (χ0) is 22.2. The van der Waals surface area contributed by atoms with Crippen LogP contribution in [0.15, 0.2) is 95.5 Å². The van der Waals surface area contributed by atoms with E-state index in [1.807, 2.05) is 66.7 Å². The number of anilines is 1. The van der Waals surface area contributed by atoms with E-state index in [4.69, 9.17) is 14.2 Å². The normalized spacial score (nSPS) is 10.5. The summed E-state index contributed by atoms with van der Waals surface area (Å²) in [6, 6.07) is 28.6. The van der Waals surface area contributed by atoms with Crippen molar-refractivity contribution in [2.75, 3.05) is 25.1 Å². The van der Waals surface area contributed by atoms with Gasteiger partial charge in [-0.3, -0.25) is 4.79 Å². The number of rotatable bonds is 9. The van der Waals surface area contributed by atoms with E-state index in [0.717, 1.165) is 21.0 Å². The summed E-state index contributed by atoms with van der Waals surface area (Å²) >= 11 is 3.57. The van der Waals surface area contributed by atoms with Crippen molar-refractivity contribution >= 4 is 38.3 Å². The third-order valence-electron chi connectivity index (χ3n) is 4.69. The fourth-order valence-electron chi connectivity index (χ4n) is 3.14. The number of amides is 1. The van der Waals surface area contributed by atoms with Gasteiger partial charge < -0.3 is 19.5 Å². The summed E-state index contributed by atoms with van der Waals surface area (Å²) in [6.45, 7) is 0.783. The second-order valence-corrected chi connectivity index (χ2v) is 7.76. The third kappa shape index (κ3) is 5.80. The van der Waals surface area contributed by atoms with Gasteiger partial charge in [0.15, 0.2) is 6.61 Å². The van der Waals surface area contributed by atoms with Crippen LogP contribution in [0.4, 0.5) is 5.69 Å². The van der Waals surface area contributed by atoms with Gasteiger partial charge in [-0.05, 0) is 69.2 Å². The minimum atomic E-state index is -0.241. The average molecular weight is 492 g/mol. The van der Waals surface area contributed by atoms with Crippen molar-refractivity contribution in [3.63, 3.8) is 0 Å². The van der Waals surface area contributed by atoms with Gasteiger partial charge in [-0.15, -0.1) is 0 Å². The molecule has 5 nitrogen and oxygen atoms in total. The Labute approximate surface area is 195 Å². The Kier molecular flexibility index (Phi) is 7.25. The molecule has 162 valence electrons. The van der Waals surface area contributed by atoms with Crippen molar-refractivity contribution in [1.29, 1.82) is 0 Å². The smallest absolute Gasteiger partial charge is 0.262 e. The summed E-state index contributed by atoms with van der Waals surface area (Å²) in [5.74, 6) is 1.90. The third-order valence-corrected chi connectivity index (χ3v) is 5.51. The van der Waals surface area contributed by atoms with E-state index in [1.54, 1.807) is 24.3 Å². The fourth-order valence-corrected chi connectivity index (χ4v) is 3.74. The zero-order valence-corrected chi connectivity index (χ0v) is 18.9. The molecule has 0 aliphatic heterocycles. The Bertz CT molecular complexity index is 1180. The van der Waals surface area contributed by atoms with Gasteiger partial charge in [0.1, 0.15) is 30.5 Å². The van der Waals surface area contributed by atoms with E-state index in [9.17, 15) is 4.79 Å². The Morgan fingerprint density at radius 1 is 0.719 bits per heavy atom. The monoisotopic (exact) mass is 491 g/mol. The number of carbonyl (C=O) groups is 1. The van der Waals surface area contributed by atoms with Crippen molar-refractivity contribution in [2.24, 2.45) is 0 Å². The molecule has 0 fully saturated rings. The molecule has 4 rings (SSSR count). The number of nitrogens with one attached hydrogen (secondary N) is 1. The lowest BCUT2D eigenvalue weighted by atomic mass is 10.1. The SMILES string of the molecule is O=C(COc1ccc2ccccc2c1Br)Nc1ccc(OCCOc2ccccc2)cc1. The molecule has 0 saturated carbocycles. The summed E-state index contributed by atoms with van der Waals surface area (Å²) in [5.41, 5.74) is 0.670. The summed E-state index contributed by atoms with van der Waals surface area (Å²) in [6.07, 6.45) is 0. The topological polar surface area (TPSA) is 56.8 Å². The maximum Gasteiger partial charge on any atom is 0.262 e. The highest BCUT2D eigenvalue weighted by molar-refractivity contribution is 9.10. The van der Waals surface area contributed by atoms with Crippen molar-refractivity contribution in [3.8, 4) is 17.2 Å². The molecule has 4 aromatic rings. The number of fused-ring (bicyclic) bond motifs is 1.